The first-order valence-electron chi connectivity index (χ1n) is 7.21. The lowest BCUT2D eigenvalue weighted by Crippen LogP contribution is -2.32. The zero-order chi connectivity index (χ0) is 15.2. The molecule has 3 rings (SSSR count). The van der Waals surface area contributed by atoms with Gasteiger partial charge in [0.1, 0.15) is 16.8 Å². The van der Waals surface area contributed by atoms with Gasteiger partial charge in [-0.2, -0.15) is 0 Å². The van der Waals surface area contributed by atoms with Crippen molar-refractivity contribution in [3.63, 3.8) is 0 Å². The van der Waals surface area contributed by atoms with Gasteiger partial charge in [0.15, 0.2) is 0 Å². The molecular weight excluding hydrogens is 302 g/mol. The second kappa shape index (κ2) is 5.25. The fraction of sp³-hybridized carbons (Fsp3) is 0.500. The average molecular weight is 322 g/mol. The Morgan fingerprint density at radius 3 is 2.76 bits per heavy atom. The van der Waals surface area contributed by atoms with Gasteiger partial charge in [-0.1, -0.05) is 32.4 Å². The number of hydrogen-bond acceptors (Lipinski definition) is 4. The summed E-state index contributed by atoms with van der Waals surface area (Å²) in [7, 11) is 0. The zero-order valence-corrected chi connectivity index (χ0v) is 14.5. The Labute approximate surface area is 135 Å². The summed E-state index contributed by atoms with van der Waals surface area (Å²) < 4.78 is 0. The van der Waals surface area contributed by atoms with Gasteiger partial charge < -0.3 is 4.90 Å². The van der Waals surface area contributed by atoms with Crippen molar-refractivity contribution in [3.05, 3.63) is 38.4 Å². The minimum absolute atomic E-state index is 0.102. The number of hydrogen-bond donors (Lipinski definition) is 0. The molecule has 5 heteroatoms. The first-order chi connectivity index (χ1) is 9.86. The Kier molecular flexibility index (Phi) is 3.70. The molecule has 0 amide bonds. The van der Waals surface area contributed by atoms with E-state index in [-0.39, 0.29) is 5.41 Å². The van der Waals surface area contributed by atoms with Crippen LogP contribution in [-0.2, 0) is 18.4 Å². The normalized spacial score (nSPS) is 15.2. The topological polar surface area (TPSA) is 29.0 Å². The largest absolute Gasteiger partial charge is 0.352 e. The van der Waals surface area contributed by atoms with Gasteiger partial charge in [-0.3, -0.25) is 0 Å². The minimum Gasteiger partial charge on any atom is -0.352 e. The highest BCUT2D eigenvalue weighted by Crippen LogP contribution is 2.32. The van der Waals surface area contributed by atoms with E-state index in [0.717, 1.165) is 36.7 Å². The Morgan fingerprint density at radius 2 is 2.05 bits per heavy atom. The van der Waals surface area contributed by atoms with E-state index in [4.69, 9.17) is 16.6 Å². The van der Waals surface area contributed by atoms with Crippen molar-refractivity contribution in [2.75, 3.05) is 11.4 Å². The first kappa shape index (κ1) is 14.8. The van der Waals surface area contributed by atoms with Crippen LogP contribution in [0.1, 0.15) is 42.6 Å². The van der Waals surface area contributed by atoms with Crippen molar-refractivity contribution in [2.45, 2.75) is 46.1 Å². The fourth-order valence-electron chi connectivity index (χ4n) is 2.55. The van der Waals surface area contributed by atoms with Crippen LogP contribution in [0.3, 0.4) is 0 Å². The smallest absolute Gasteiger partial charge is 0.137 e. The molecule has 0 spiro atoms. The number of rotatable bonds is 1. The molecule has 0 fully saturated rings. The van der Waals surface area contributed by atoms with Crippen LogP contribution in [0.15, 0.2) is 11.4 Å². The van der Waals surface area contributed by atoms with E-state index in [1.54, 1.807) is 0 Å². The van der Waals surface area contributed by atoms with E-state index in [9.17, 15) is 0 Å². The molecular formula is C16H20ClN3S. The minimum atomic E-state index is -0.102. The van der Waals surface area contributed by atoms with Gasteiger partial charge in [0, 0.05) is 28.9 Å². The van der Waals surface area contributed by atoms with E-state index in [1.807, 2.05) is 18.3 Å². The van der Waals surface area contributed by atoms with Gasteiger partial charge in [-0.15, -0.1) is 11.3 Å². The maximum absolute atomic E-state index is 6.35. The molecule has 2 aromatic rings. The van der Waals surface area contributed by atoms with Gasteiger partial charge >= 0.3 is 0 Å². The molecule has 0 radical (unpaired) electrons. The molecule has 0 aromatic carbocycles. The molecule has 0 saturated carbocycles. The third kappa shape index (κ3) is 2.79. The highest BCUT2D eigenvalue weighted by atomic mass is 35.5. The van der Waals surface area contributed by atoms with Crippen molar-refractivity contribution >= 4 is 28.8 Å². The molecule has 3 heterocycles. The number of anilines is 1. The van der Waals surface area contributed by atoms with Crippen LogP contribution in [0.5, 0.6) is 0 Å². The summed E-state index contributed by atoms with van der Waals surface area (Å²) in [5.41, 5.74) is 2.29. The number of nitrogens with zero attached hydrogens (tertiary/aromatic N) is 3. The predicted molar refractivity (Wildman–Crippen MR) is 89.6 cm³/mol. The van der Waals surface area contributed by atoms with Crippen molar-refractivity contribution in [3.8, 4) is 0 Å². The van der Waals surface area contributed by atoms with Crippen LogP contribution in [0, 0.1) is 6.92 Å². The standard InChI is InChI=1S/C16H20ClN3S/c1-10-13(17)18-15(16(2,3)4)19-14(10)20-7-5-12-11(9-20)6-8-21-12/h6,8H,5,7,9H2,1-4H3. The third-order valence-electron chi connectivity index (χ3n) is 3.84. The van der Waals surface area contributed by atoms with Gasteiger partial charge in [0.2, 0.25) is 0 Å². The second-order valence-corrected chi connectivity index (χ2v) is 7.94. The molecule has 112 valence electrons. The summed E-state index contributed by atoms with van der Waals surface area (Å²) in [4.78, 5) is 13.1. The lowest BCUT2D eigenvalue weighted by atomic mass is 9.95. The van der Waals surface area contributed by atoms with Gasteiger partial charge in [-0.05, 0) is 30.4 Å². The summed E-state index contributed by atoms with van der Waals surface area (Å²) in [6.07, 6.45) is 1.08. The number of fused-ring (bicyclic) bond motifs is 1. The van der Waals surface area contributed by atoms with Crippen molar-refractivity contribution in [2.24, 2.45) is 0 Å². The van der Waals surface area contributed by atoms with Crippen LogP contribution in [0.2, 0.25) is 5.15 Å². The number of thiophene rings is 1. The molecule has 1 aliphatic heterocycles. The van der Waals surface area contributed by atoms with Crippen LogP contribution in [-0.4, -0.2) is 16.5 Å². The van der Waals surface area contributed by atoms with Crippen molar-refractivity contribution in [1.29, 1.82) is 0 Å². The van der Waals surface area contributed by atoms with Crippen LogP contribution in [0.25, 0.3) is 0 Å². The Morgan fingerprint density at radius 1 is 1.29 bits per heavy atom. The quantitative estimate of drug-likeness (QED) is 0.731. The predicted octanol–water partition coefficient (Wildman–Crippen LogP) is 4.36. The first-order valence-corrected chi connectivity index (χ1v) is 8.47. The van der Waals surface area contributed by atoms with Gasteiger partial charge in [0.05, 0.1) is 0 Å². The molecule has 21 heavy (non-hydrogen) atoms. The van der Waals surface area contributed by atoms with Gasteiger partial charge in [0.25, 0.3) is 0 Å². The lowest BCUT2D eigenvalue weighted by Gasteiger charge is -2.30. The summed E-state index contributed by atoms with van der Waals surface area (Å²) >= 11 is 8.20. The third-order valence-corrected chi connectivity index (χ3v) is 5.23. The highest BCUT2D eigenvalue weighted by molar-refractivity contribution is 7.10. The fourth-order valence-corrected chi connectivity index (χ4v) is 3.61. The Bertz CT molecular complexity index is 673. The van der Waals surface area contributed by atoms with E-state index in [2.05, 4.69) is 42.1 Å². The summed E-state index contributed by atoms with van der Waals surface area (Å²) in [6, 6.07) is 2.22. The number of aromatic nitrogens is 2. The second-order valence-electron chi connectivity index (χ2n) is 6.58. The van der Waals surface area contributed by atoms with Crippen LogP contribution in [0.4, 0.5) is 5.82 Å². The van der Waals surface area contributed by atoms with E-state index >= 15 is 0 Å². The number of halogens is 1. The SMILES string of the molecule is Cc1c(Cl)nc(C(C)(C)C)nc1N1CCc2sccc2C1. The zero-order valence-electron chi connectivity index (χ0n) is 12.9. The highest BCUT2D eigenvalue weighted by Gasteiger charge is 2.25. The van der Waals surface area contributed by atoms with Gasteiger partial charge in [-0.25, -0.2) is 9.97 Å². The monoisotopic (exact) mass is 321 g/mol. The lowest BCUT2D eigenvalue weighted by molar-refractivity contribution is 0.542. The Balaban J connectivity index is 2.01. The maximum atomic E-state index is 6.35. The molecule has 3 nitrogen and oxygen atoms in total. The van der Waals surface area contributed by atoms with Crippen molar-refractivity contribution in [1.82, 2.24) is 9.97 Å². The van der Waals surface area contributed by atoms with Crippen LogP contribution < -0.4 is 4.90 Å². The molecule has 0 N–H and O–H groups in total. The molecule has 0 aliphatic carbocycles. The summed E-state index contributed by atoms with van der Waals surface area (Å²) in [5, 5.41) is 2.75. The molecule has 1 aliphatic rings. The Hall–Kier alpha value is -1.13. The molecule has 0 bridgehead atoms. The summed E-state index contributed by atoms with van der Waals surface area (Å²) in [6.45, 7) is 10.3. The molecule has 2 aromatic heterocycles. The maximum Gasteiger partial charge on any atom is 0.137 e. The molecule has 0 atom stereocenters. The van der Waals surface area contributed by atoms with Crippen molar-refractivity contribution < 1.29 is 0 Å². The average Bonchev–Trinajstić information content (AvgIpc) is 2.87. The molecule has 0 saturated heterocycles. The summed E-state index contributed by atoms with van der Waals surface area (Å²) in [5.74, 6) is 1.79. The van der Waals surface area contributed by atoms with Crippen LogP contribution >= 0.6 is 22.9 Å². The van der Waals surface area contributed by atoms with E-state index in [1.165, 1.54) is 10.4 Å². The van der Waals surface area contributed by atoms with E-state index < -0.39 is 0 Å². The molecule has 0 unspecified atom stereocenters. The van der Waals surface area contributed by atoms with E-state index in [0.29, 0.717) is 5.15 Å².